The number of anilines is 1. The summed E-state index contributed by atoms with van der Waals surface area (Å²) in [7, 11) is 1.64. The predicted octanol–water partition coefficient (Wildman–Crippen LogP) is 5.17. The van der Waals surface area contributed by atoms with Gasteiger partial charge in [0.1, 0.15) is 0 Å². The number of halogens is 3. The number of rotatable bonds is 5. The second-order valence-corrected chi connectivity index (χ2v) is 7.92. The summed E-state index contributed by atoms with van der Waals surface area (Å²) < 4.78 is 41.2. The van der Waals surface area contributed by atoms with Crippen LogP contribution in [0.25, 0.3) is 5.52 Å². The van der Waals surface area contributed by atoms with Crippen LogP contribution in [-0.4, -0.2) is 27.6 Å². The van der Waals surface area contributed by atoms with Gasteiger partial charge in [-0.1, -0.05) is 19.4 Å². The van der Waals surface area contributed by atoms with Crippen molar-refractivity contribution in [1.82, 2.24) is 14.6 Å². The number of carbonyl (C=O) groups is 1. The third-order valence-electron chi connectivity index (χ3n) is 5.86. The molecule has 0 bridgehead atoms. The van der Waals surface area contributed by atoms with Gasteiger partial charge in [0.2, 0.25) is 5.91 Å². The quantitative estimate of drug-likeness (QED) is 0.576. The van der Waals surface area contributed by atoms with Crippen molar-refractivity contribution in [1.29, 1.82) is 0 Å². The summed E-state index contributed by atoms with van der Waals surface area (Å²) in [6.07, 6.45) is 1.61. The lowest BCUT2D eigenvalue weighted by Crippen LogP contribution is -2.29. The van der Waals surface area contributed by atoms with Gasteiger partial charge in [-0.05, 0) is 43.0 Å². The van der Waals surface area contributed by atoms with Gasteiger partial charge < -0.3 is 0 Å². The molecule has 5 nitrogen and oxygen atoms in total. The highest BCUT2D eigenvalue weighted by Gasteiger charge is 2.34. The number of carbonyl (C=O) groups excluding carboxylic acids is 1. The Balaban J connectivity index is 1.67. The van der Waals surface area contributed by atoms with E-state index >= 15 is 0 Å². The standard InChI is InChI=1S/C22H23F3N4O/c1-14(17-8-3-4-10-26-17)12-19(30)28(2)21-20(15-6-5-7-15)18-13-16(22(23,24)25)9-11-29(18)27-21/h3-4,8-11,13-15H,5-7,12H2,1-2H3/t14-/m1/s1. The maximum atomic E-state index is 13.2. The van der Waals surface area contributed by atoms with Crippen LogP contribution in [0.3, 0.4) is 0 Å². The third-order valence-corrected chi connectivity index (χ3v) is 5.86. The van der Waals surface area contributed by atoms with Gasteiger partial charge in [0.25, 0.3) is 0 Å². The second kappa shape index (κ2) is 7.74. The Hall–Kier alpha value is -2.90. The molecule has 1 aliphatic rings. The molecule has 0 radical (unpaired) electrons. The largest absolute Gasteiger partial charge is 0.416 e. The highest BCUT2D eigenvalue weighted by molar-refractivity contribution is 5.94. The Labute approximate surface area is 172 Å². The molecule has 3 aromatic rings. The number of aromatic nitrogens is 3. The van der Waals surface area contributed by atoms with E-state index in [2.05, 4.69) is 10.1 Å². The molecule has 0 aromatic carbocycles. The molecule has 8 heteroatoms. The van der Waals surface area contributed by atoms with Gasteiger partial charge in [-0.2, -0.15) is 13.2 Å². The van der Waals surface area contributed by atoms with Crippen molar-refractivity contribution in [2.45, 2.75) is 50.6 Å². The van der Waals surface area contributed by atoms with Crippen LogP contribution in [-0.2, 0) is 11.0 Å². The molecule has 1 atom stereocenters. The van der Waals surface area contributed by atoms with Gasteiger partial charge in [0.05, 0.1) is 11.1 Å². The first-order valence-corrected chi connectivity index (χ1v) is 10.0. The van der Waals surface area contributed by atoms with E-state index in [9.17, 15) is 18.0 Å². The Morgan fingerprint density at radius 2 is 2.07 bits per heavy atom. The fourth-order valence-electron chi connectivity index (χ4n) is 3.85. The zero-order valence-electron chi connectivity index (χ0n) is 16.9. The Kier molecular flexibility index (Phi) is 5.26. The molecular formula is C22H23F3N4O. The number of alkyl halides is 3. The van der Waals surface area contributed by atoms with Crippen LogP contribution in [0, 0.1) is 0 Å². The van der Waals surface area contributed by atoms with Crippen LogP contribution in [0.4, 0.5) is 19.0 Å². The smallest absolute Gasteiger partial charge is 0.298 e. The van der Waals surface area contributed by atoms with E-state index in [0.717, 1.165) is 42.7 Å². The van der Waals surface area contributed by atoms with Crippen molar-refractivity contribution in [2.75, 3.05) is 11.9 Å². The predicted molar refractivity (Wildman–Crippen MR) is 107 cm³/mol. The maximum absolute atomic E-state index is 13.2. The first-order chi connectivity index (χ1) is 14.3. The van der Waals surface area contributed by atoms with E-state index in [4.69, 9.17) is 0 Å². The fraction of sp³-hybridized carbons (Fsp3) is 0.409. The topological polar surface area (TPSA) is 50.5 Å². The lowest BCUT2D eigenvalue weighted by atomic mass is 9.80. The third kappa shape index (κ3) is 3.78. The summed E-state index contributed by atoms with van der Waals surface area (Å²) in [5, 5.41) is 4.48. The van der Waals surface area contributed by atoms with E-state index in [1.807, 2.05) is 25.1 Å². The number of hydrogen-bond donors (Lipinski definition) is 0. The summed E-state index contributed by atoms with van der Waals surface area (Å²) in [5.74, 6) is 0.331. The molecule has 0 aliphatic heterocycles. The minimum absolute atomic E-state index is 0.0813. The number of nitrogens with zero attached hydrogens (tertiary/aromatic N) is 4. The summed E-state index contributed by atoms with van der Waals surface area (Å²) in [6.45, 7) is 1.93. The molecule has 4 rings (SSSR count). The Morgan fingerprint density at radius 1 is 1.30 bits per heavy atom. The fourth-order valence-corrected chi connectivity index (χ4v) is 3.85. The molecule has 0 N–H and O–H groups in total. The van der Waals surface area contributed by atoms with Crippen molar-refractivity contribution in [3.8, 4) is 0 Å². The Bertz CT molecular complexity index is 1060. The van der Waals surface area contributed by atoms with E-state index in [1.54, 1.807) is 13.2 Å². The number of fused-ring (bicyclic) bond motifs is 1. The summed E-state index contributed by atoms with van der Waals surface area (Å²) in [5.41, 5.74) is 1.26. The first kappa shape index (κ1) is 20.4. The zero-order chi connectivity index (χ0) is 21.5. The summed E-state index contributed by atoms with van der Waals surface area (Å²) in [4.78, 5) is 18.8. The van der Waals surface area contributed by atoms with Gasteiger partial charge in [-0.3, -0.25) is 14.7 Å². The van der Waals surface area contributed by atoms with Gasteiger partial charge in [0.15, 0.2) is 5.82 Å². The molecule has 1 saturated carbocycles. The lowest BCUT2D eigenvalue weighted by molar-refractivity contribution is -0.137. The van der Waals surface area contributed by atoms with Crippen molar-refractivity contribution in [3.63, 3.8) is 0 Å². The van der Waals surface area contributed by atoms with Crippen LogP contribution >= 0.6 is 0 Å². The van der Waals surface area contributed by atoms with Crippen molar-refractivity contribution < 1.29 is 18.0 Å². The maximum Gasteiger partial charge on any atom is 0.416 e. The minimum Gasteiger partial charge on any atom is -0.298 e. The van der Waals surface area contributed by atoms with Crippen LogP contribution < -0.4 is 4.90 Å². The highest BCUT2D eigenvalue weighted by Crippen LogP contribution is 2.44. The van der Waals surface area contributed by atoms with Crippen molar-refractivity contribution >= 4 is 17.2 Å². The molecule has 158 valence electrons. The number of amides is 1. The van der Waals surface area contributed by atoms with E-state index in [1.165, 1.54) is 15.6 Å². The highest BCUT2D eigenvalue weighted by atomic mass is 19.4. The average molecular weight is 416 g/mol. The monoisotopic (exact) mass is 416 g/mol. The number of pyridine rings is 2. The normalized spacial score (nSPS) is 15.8. The van der Waals surface area contributed by atoms with Crippen LogP contribution in [0.2, 0.25) is 0 Å². The molecule has 3 heterocycles. The van der Waals surface area contributed by atoms with Gasteiger partial charge in [0, 0.05) is 43.0 Å². The van der Waals surface area contributed by atoms with E-state index in [0.29, 0.717) is 11.3 Å². The molecule has 30 heavy (non-hydrogen) atoms. The van der Waals surface area contributed by atoms with Gasteiger partial charge in [-0.15, -0.1) is 5.10 Å². The summed E-state index contributed by atoms with van der Waals surface area (Å²) >= 11 is 0. The van der Waals surface area contributed by atoms with Crippen LogP contribution in [0.1, 0.15) is 61.3 Å². The van der Waals surface area contributed by atoms with Gasteiger partial charge in [-0.25, -0.2) is 4.52 Å². The summed E-state index contributed by atoms with van der Waals surface area (Å²) in [6, 6.07) is 7.72. The van der Waals surface area contributed by atoms with Crippen LogP contribution in [0.15, 0.2) is 42.7 Å². The molecule has 0 spiro atoms. The molecule has 1 amide bonds. The molecular weight excluding hydrogens is 393 g/mol. The van der Waals surface area contributed by atoms with Crippen LogP contribution in [0.5, 0.6) is 0 Å². The molecule has 1 aliphatic carbocycles. The minimum atomic E-state index is -4.43. The zero-order valence-corrected chi connectivity index (χ0v) is 16.9. The second-order valence-electron chi connectivity index (χ2n) is 7.92. The Morgan fingerprint density at radius 3 is 2.67 bits per heavy atom. The molecule has 3 aromatic heterocycles. The van der Waals surface area contributed by atoms with E-state index in [-0.39, 0.29) is 24.2 Å². The molecule has 0 saturated heterocycles. The van der Waals surface area contributed by atoms with Gasteiger partial charge >= 0.3 is 6.18 Å². The van der Waals surface area contributed by atoms with Crippen molar-refractivity contribution in [2.24, 2.45) is 0 Å². The van der Waals surface area contributed by atoms with E-state index < -0.39 is 11.7 Å². The first-order valence-electron chi connectivity index (χ1n) is 10.0. The van der Waals surface area contributed by atoms with Crippen molar-refractivity contribution in [3.05, 3.63) is 59.5 Å². The lowest BCUT2D eigenvalue weighted by Gasteiger charge is -2.28. The SMILES string of the molecule is C[C@H](CC(=O)N(C)c1nn2ccc(C(F)(F)F)cc2c1C1CCC1)c1ccccn1. The molecule has 0 unspecified atom stereocenters. The molecule has 1 fully saturated rings. The number of hydrogen-bond acceptors (Lipinski definition) is 3. The average Bonchev–Trinajstić information content (AvgIpc) is 3.04.